The Bertz CT molecular complexity index is 541. The molecule has 0 atom stereocenters. The van der Waals surface area contributed by atoms with E-state index in [-0.39, 0.29) is 6.61 Å². The van der Waals surface area contributed by atoms with E-state index in [1.165, 1.54) is 0 Å². The minimum atomic E-state index is -0.0561. The highest BCUT2D eigenvalue weighted by molar-refractivity contribution is 6.42. The van der Waals surface area contributed by atoms with Crippen LogP contribution in [0.3, 0.4) is 0 Å². The molecule has 2 nitrogen and oxygen atoms in total. The van der Waals surface area contributed by atoms with Crippen LogP contribution in [-0.4, -0.2) is 5.11 Å². The first-order valence-electron chi connectivity index (χ1n) is 5.47. The number of hydrogen-bond donors (Lipinski definition) is 1. The van der Waals surface area contributed by atoms with Crippen molar-refractivity contribution < 1.29 is 9.84 Å². The lowest BCUT2D eigenvalue weighted by Crippen LogP contribution is -1.99. The number of rotatable bonds is 4. The summed E-state index contributed by atoms with van der Waals surface area (Å²) in [5.41, 5.74) is 1.56. The summed E-state index contributed by atoms with van der Waals surface area (Å²) in [7, 11) is 0. The number of hydrogen-bond acceptors (Lipinski definition) is 2. The fourth-order valence-corrected chi connectivity index (χ4v) is 1.97. The van der Waals surface area contributed by atoms with Gasteiger partial charge in [0.15, 0.2) is 0 Å². The Labute approximate surface area is 116 Å². The van der Waals surface area contributed by atoms with Crippen LogP contribution < -0.4 is 4.74 Å². The second-order valence-corrected chi connectivity index (χ2v) is 4.55. The van der Waals surface area contributed by atoms with Gasteiger partial charge in [-0.2, -0.15) is 0 Å². The molecule has 0 saturated heterocycles. The average molecular weight is 283 g/mol. The minimum absolute atomic E-state index is 0.0561. The summed E-state index contributed by atoms with van der Waals surface area (Å²) in [6.45, 7) is 0.260. The molecule has 2 aromatic rings. The third kappa shape index (κ3) is 2.96. The summed E-state index contributed by atoms with van der Waals surface area (Å²) in [4.78, 5) is 0. The van der Waals surface area contributed by atoms with Crippen LogP contribution in [0.1, 0.15) is 11.1 Å². The highest BCUT2D eigenvalue weighted by Crippen LogP contribution is 2.27. The molecule has 0 aromatic heterocycles. The fourth-order valence-electron chi connectivity index (χ4n) is 1.59. The van der Waals surface area contributed by atoms with Gasteiger partial charge in [-0.25, -0.2) is 0 Å². The van der Waals surface area contributed by atoms with Crippen LogP contribution in [0.4, 0.5) is 0 Å². The zero-order valence-corrected chi connectivity index (χ0v) is 11.1. The van der Waals surface area contributed by atoms with Crippen molar-refractivity contribution in [1.82, 2.24) is 0 Å². The van der Waals surface area contributed by atoms with E-state index < -0.39 is 0 Å². The van der Waals surface area contributed by atoms with E-state index >= 15 is 0 Å². The normalized spacial score (nSPS) is 10.4. The van der Waals surface area contributed by atoms with Crippen molar-refractivity contribution >= 4 is 23.2 Å². The highest BCUT2D eigenvalue weighted by Gasteiger charge is 2.06. The van der Waals surface area contributed by atoms with Crippen LogP contribution in [0.2, 0.25) is 10.0 Å². The van der Waals surface area contributed by atoms with Crippen molar-refractivity contribution in [2.24, 2.45) is 0 Å². The largest absolute Gasteiger partial charge is 0.488 e. The van der Waals surface area contributed by atoms with Gasteiger partial charge in [-0.3, -0.25) is 0 Å². The Hall–Kier alpha value is -1.22. The second-order valence-electron chi connectivity index (χ2n) is 3.77. The monoisotopic (exact) mass is 282 g/mol. The molecule has 0 aliphatic carbocycles. The Morgan fingerprint density at radius 2 is 1.67 bits per heavy atom. The minimum Gasteiger partial charge on any atom is -0.488 e. The molecule has 4 heteroatoms. The van der Waals surface area contributed by atoms with Gasteiger partial charge in [0.1, 0.15) is 12.4 Å². The molecule has 0 bridgehead atoms. The first-order valence-corrected chi connectivity index (χ1v) is 6.22. The summed E-state index contributed by atoms with van der Waals surface area (Å²) in [6, 6.07) is 12.7. The molecule has 18 heavy (non-hydrogen) atoms. The van der Waals surface area contributed by atoms with Crippen LogP contribution >= 0.6 is 23.2 Å². The predicted octanol–water partition coefficient (Wildman–Crippen LogP) is 4.06. The lowest BCUT2D eigenvalue weighted by atomic mass is 10.2. The van der Waals surface area contributed by atoms with E-state index in [1.807, 2.05) is 36.4 Å². The summed E-state index contributed by atoms with van der Waals surface area (Å²) >= 11 is 12.0. The van der Waals surface area contributed by atoms with Gasteiger partial charge in [0, 0.05) is 11.1 Å². The van der Waals surface area contributed by atoms with Crippen molar-refractivity contribution in [1.29, 1.82) is 0 Å². The first kappa shape index (κ1) is 13.2. The van der Waals surface area contributed by atoms with Crippen LogP contribution in [0.25, 0.3) is 0 Å². The highest BCUT2D eigenvalue weighted by atomic mass is 35.5. The smallest absolute Gasteiger partial charge is 0.125 e. The maximum absolute atomic E-state index is 9.19. The van der Waals surface area contributed by atoms with E-state index in [4.69, 9.17) is 27.9 Å². The topological polar surface area (TPSA) is 29.5 Å². The van der Waals surface area contributed by atoms with Crippen molar-refractivity contribution in [2.45, 2.75) is 13.2 Å². The van der Waals surface area contributed by atoms with E-state index in [1.54, 1.807) is 6.07 Å². The second kappa shape index (κ2) is 6.10. The quantitative estimate of drug-likeness (QED) is 0.916. The van der Waals surface area contributed by atoms with Gasteiger partial charge in [-0.1, -0.05) is 53.5 Å². The van der Waals surface area contributed by atoms with Crippen molar-refractivity contribution in [2.75, 3.05) is 0 Å². The van der Waals surface area contributed by atoms with Crippen LogP contribution in [0, 0.1) is 0 Å². The summed E-state index contributed by atoms with van der Waals surface area (Å²) in [5, 5.41) is 10.2. The van der Waals surface area contributed by atoms with Gasteiger partial charge in [0.2, 0.25) is 0 Å². The lowest BCUT2D eigenvalue weighted by Gasteiger charge is -2.11. The molecular weight excluding hydrogens is 271 g/mol. The molecule has 0 fully saturated rings. The maximum Gasteiger partial charge on any atom is 0.125 e. The van der Waals surface area contributed by atoms with Gasteiger partial charge in [-0.15, -0.1) is 0 Å². The van der Waals surface area contributed by atoms with Crippen LogP contribution in [0.5, 0.6) is 5.75 Å². The number of benzene rings is 2. The Morgan fingerprint density at radius 1 is 0.944 bits per heavy atom. The van der Waals surface area contributed by atoms with E-state index in [9.17, 15) is 5.11 Å². The number of aliphatic hydroxyl groups excluding tert-OH is 1. The molecule has 94 valence electrons. The van der Waals surface area contributed by atoms with Crippen molar-refractivity contribution in [3.05, 3.63) is 63.6 Å². The molecule has 2 rings (SSSR count). The molecule has 0 unspecified atom stereocenters. The molecule has 1 N–H and O–H groups in total. The van der Waals surface area contributed by atoms with Gasteiger partial charge >= 0.3 is 0 Å². The van der Waals surface area contributed by atoms with Crippen molar-refractivity contribution in [3.8, 4) is 5.75 Å². The predicted molar refractivity (Wildman–Crippen MR) is 73.2 cm³/mol. The van der Waals surface area contributed by atoms with Crippen molar-refractivity contribution in [3.63, 3.8) is 0 Å². The fraction of sp³-hybridized carbons (Fsp3) is 0.143. The van der Waals surface area contributed by atoms with Gasteiger partial charge in [0.25, 0.3) is 0 Å². The molecule has 0 radical (unpaired) electrons. The van der Waals surface area contributed by atoms with Gasteiger partial charge in [-0.05, 0) is 12.1 Å². The number of halogens is 2. The molecule has 0 aliphatic heterocycles. The molecule has 0 aliphatic rings. The molecule has 0 saturated carbocycles. The Morgan fingerprint density at radius 3 is 2.44 bits per heavy atom. The van der Waals surface area contributed by atoms with Gasteiger partial charge < -0.3 is 9.84 Å². The Balaban J connectivity index is 2.14. The maximum atomic E-state index is 9.19. The molecule has 0 amide bonds. The average Bonchev–Trinajstić information content (AvgIpc) is 2.41. The SMILES string of the molecule is OCc1ccccc1OCc1cccc(Cl)c1Cl. The third-order valence-electron chi connectivity index (χ3n) is 2.56. The Kier molecular flexibility index (Phi) is 4.48. The summed E-state index contributed by atoms with van der Waals surface area (Å²) < 4.78 is 5.65. The molecule has 0 spiro atoms. The molecular formula is C14H12Cl2O2. The number of ether oxygens (including phenoxy) is 1. The third-order valence-corrected chi connectivity index (χ3v) is 3.42. The van der Waals surface area contributed by atoms with E-state index in [0.29, 0.717) is 22.4 Å². The zero-order valence-electron chi connectivity index (χ0n) is 9.57. The number of aliphatic hydroxyl groups is 1. The van der Waals surface area contributed by atoms with E-state index in [2.05, 4.69) is 0 Å². The number of para-hydroxylation sites is 1. The van der Waals surface area contributed by atoms with Crippen LogP contribution in [0.15, 0.2) is 42.5 Å². The lowest BCUT2D eigenvalue weighted by molar-refractivity contribution is 0.259. The van der Waals surface area contributed by atoms with E-state index in [0.717, 1.165) is 11.1 Å². The molecule has 0 heterocycles. The zero-order chi connectivity index (χ0) is 13.0. The molecule has 2 aromatic carbocycles. The first-order chi connectivity index (χ1) is 8.72. The summed E-state index contributed by atoms with van der Waals surface area (Å²) in [5.74, 6) is 0.649. The van der Waals surface area contributed by atoms with Crippen LogP contribution in [-0.2, 0) is 13.2 Å². The summed E-state index contributed by atoms with van der Waals surface area (Å²) in [6.07, 6.45) is 0. The standard InChI is InChI=1S/C14H12Cl2O2/c15-12-6-3-5-11(14(12)16)9-18-13-7-2-1-4-10(13)8-17/h1-7,17H,8-9H2. The van der Waals surface area contributed by atoms with Gasteiger partial charge in [0.05, 0.1) is 16.7 Å².